The average molecular weight is 496 g/mol. The largest absolute Gasteiger partial charge is 0.298 e. The van der Waals surface area contributed by atoms with E-state index in [2.05, 4.69) is 0 Å². The van der Waals surface area contributed by atoms with Crippen LogP contribution in [0.3, 0.4) is 0 Å². The van der Waals surface area contributed by atoms with Gasteiger partial charge in [-0.15, -0.1) is 0 Å². The van der Waals surface area contributed by atoms with Crippen LogP contribution in [0.1, 0.15) is 51.8 Å². The van der Waals surface area contributed by atoms with Crippen molar-refractivity contribution in [2.75, 3.05) is 0 Å². The van der Waals surface area contributed by atoms with Gasteiger partial charge in [-0.05, 0) is 46.2 Å². The van der Waals surface area contributed by atoms with Crippen molar-refractivity contribution in [1.29, 1.82) is 0 Å². The molecule has 7 heteroatoms. The van der Waals surface area contributed by atoms with E-state index >= 15 is 0 Å². The molecule has 0 saturated carbocycles. The van der Waals surface area contributed by atoms with E-state index in [0.29, 0.717) is 31.7 Å². The SMILES string of the molecule is O=Cc1ccc(-c2ccc3c4c(cccc24)C(=O)N(N2C(=O)c4cccc5cccc(c45)C2=O)C3=O)cc1. The lowest BCUT2D eigenvalue weighted by Crippen LogP contribution is -2.58. The minimum Gasteiger partial charge on any atom is -0.298 e. The normalized spacial score (nSPS) is 14.5. The first-order valence-corrected chi connectivity index (χ1v) is 11.9. The van der Waals surface area contributed by atoms with E-state index in [0.717, 1.165) is 22.8 Å². The molecule has 2 aliphatic rings. The minimum absolute atomic E-state index is 0.209. The van der Waals surface area contributed by atoms with Crippen LogP contribution in [0.15, 0.2) is 91.0 Å². The number of nitrogens with zero attached hydrogens (tertiary/aromatic N) is 2. The van der Waals surface area contributed by atoms with E-state index in [9.17, 15) is 24.0 Å². The molecule has 0 unspecified atom stereocenters. The predicted molar refractivity (Wildman–Crippen MR) is 140 cm³/mol. The van der Waals surface area contributed by atoms with Gasteiger partial charge in [0.1, 0.15) is 6.29 Å². The summed E-state index contributed by atoms with van der Waals surface area (Å²) < 4.78 is 0. The number of hydrogen-bond acceptors (Lipinski definition) is 5. The van der Waals surface area contributed by atoms with Crippen LogP contribution < -0.4 is 0 Å². The van der Waals surface area contributed by atoms with Gasteiger partial charge in [0, 0.05) is 16.3 Å². The molecule has 0 fully saturated rings. The molecule has 0 aromatic heterocycles. The number of rotatable bonds is 3. The molecule has 5 aromatic rings. The summed E-state index contributed by atoms with van der Waals surface area (Å²) in [7, 11) is 0. The number of hydrazine groups is 1. The summed E-state index contributed by atoms with van der Waals surface area (Å²) in [6.45, 7) is 0. The molecule has 2 heterocycles. The first kappa shape index (κ1) is 21.8. The lowest BCUT2D eigenvalue weighted by Gasteiger charge is -2.37. The molecule has 7 nitrogen and oxygen atoms in total. The van der Waals surface area contributed by atoms with Gasteiger partial charge in [0.15, 0.2) is 0 Å². The van der Waals surface area contributed by atoms with E-state index < -0.39 is 23.6 Å². The minimum atomic E-state index is -0.755. The second-order valence-corrected chi connectivity index (χ2v) is 9.18. The molecular formula is C31H16N2O5. The summed E-state index contributed by atoms with van der Waals surface area (Å²) in [5.74, 6) is -2.98. The molecule has 4 amide bonds. The molecule has 2 aliphatic heterocycles. The third-order valence-electron chi connectivity index (χ3n) is 7.19. The maximum atomic E-state index is 13.8. The lowest BCUT2D eigenvalue weighted by molar-refractivity contribution is 0.00212. The predicted octanol–water partition coefficient (Wildman–Crippen LogP) is 5.28. The first-order chi connectivity index (χ1) is 18.5. The van der Waals surface area contributed by atoms with Gasteiger partial charge in [-0.3, -0.25) is 24.0 Å². The van der Waals surface area contributed by atoms with Gasteiger partial charge in [0.25, 0.3) is 23.6 Å². The van der Waals surface area contributed by atoms with Crippen molar-refractivity contribution in [2.24, 2.45) is 0 Å². The van der Waals surface area contributed by atoms with Crippen molar-refractivity contribution >= 4 is 51.5 Å². The number of hydrogen-bond donors (Lipinski definition) is 0. The molecule has 0 radical (unpaired) electrons. The molecule has 7 rings (SSSR count). The Balaban J connectivity index is 1.39. The van der Waals surface area contributed by atoms with Crippen LogP contribution in [0, 0.1) is 0 Å². The zero-order valence-electron chi connectivity index (χ0n) is 19.7. The fourth-order valence-electron chi connectivity index (χ4n) is 5.46. The van der Waals surface area contributed by atoms with E-state index in [1.807, 2.05) is 6.07 Å². The molecule has 0 saturated heterocycles. The highest BCUT2D eigenvalue weighted by atomic mass is 16.2. The number of carbonyl (C=O) groups excluding carboxylic acids is 5. The van der Waals surface area contributed by atoms with Crippen LogP contribution in [0.4, 0.5) is 0 Å². The maximum absolute atomic E-state index is 13.8. The number of amides is 4. The smallest absolute Gasteiger partial charge is 0.281 e. The van der Waals surface area contributed by atoms with Crippen LogP contribution in [-0.2, 0) is 0 Å². The van der Waals surface area contributed by atoms with Crippen LogP contribution in [-0.4, -0.2) is 39.9 Å². The lowest BCUT2D eigenvalue weighted by atomic mass is 9.89. The molecule has 0 bridgehead atoms. The summed E-state index contributed by atoms with van der Waals surface area (Å²) in [6, 6.07) is 25.6. The third-order valence-corrected chi connectivity index (χ3v) is 7.19. The van der Waals surface area contributed by atoms with Crippen molar-refractivity contribution in [2.45, 2.75) is 0 Å². The van der Waals surface area contributed by atoms with Crippen molar-refractivity contribution in [3.8, 4) is 11.1 Å². The van der Waals surface area contributed by atoms with Gasteiger partial charge in [0.2, 0.25) is 0 Å². The highest BCUT2D eigenvalue weighted by Gasteiger charge is 2.45. The summed E-state index contributed by atoms with van der Waals surface area (Å²) in [4.78, 5) is 65.9. The number of imide groups is 2. The van der Waals surface area contributed by atoms with E-state index in [1.165, 1.54) is 0 Å². The van der Waals surface area contributed by atoms with Gasteiger partial charge >= 0.3 is 0 Å². The quantitative estimate of drug-likeness (QED) is 0.250. The summed E-state index contributed by atoms with van der Waals surface area (Å²) in [5, 5.41) is 3.68. The van der Waals surface area contributed by atoms with Crippen LogP contribution in [0.2, 0.25) is 0 Å². The fraction of sp³-hybridized carbons (Fsp3) is 0. The summed E-state index contributed by atoms with van der Waals surface area (Å²) in [5.41, 5.74) is 3.04. The number of carbonyl (C=O) groups is 5. The molecule has 0 aliphatic carbocycles. The summed E-state index contributed by atoms with van der Waals surface area (Å²) in [6.07, 6.45) is 0.759. The van der Waals surface area contributed by atoms with Gasteiger partial charge in [-0.25, -0.2) is 0 Å². The Morgan fingerprint density at radius 3 is 1.50 bits per heavy atom. The zero-order chi connectivity index (χ0) is 26.1. The molecule has 5 aromatic carbocycles. The third kappa shape index (κ3) is 2.81. The van der Waals surface area contributed by atoms with Crippen LogP contribution in [0.25, 0.3) is 32.7 Å². The molecule has 0 N–H and O–H groups in total. The Hall–Kier alpha value is -5.43. The highest BCUT2D eigenvalue weighted by Crippen LogP contribution is 2.39. The van der Waals surface area contributed by atoms with Crippen LogP contribution >= 0.6 is 0 Å². The van der Waals surface area contributed by atoms with Crippen molar-refractivity contribution in [1.82, 2.24) is 10.0 Å². The Morgan fingerprint density at radius 1 is 0.474 bits per heavy atom. The topological polar surface area (TPSA) is 91.8 Å². The molecule has 38 heavy (non-hydrogen) atoms. The molecule has 180 valence electrons. The van der Waals surface area contributed by atoms with Crippen molar-refractivity contribution in [3.63, 3.8) is 0 Å². The van der Waals surface area contributed by atoms with Gasteiger partial charge in [-0.1, -0.05) is 66.7 Å². The Morgan fingerprint density at radius 2 is 0.947 bits per heavy atom. The van der Waals surface area contributed by atoms with E-state index in [4.69, 9.17) is 0 Å². The van der Waals surface area contributed by atoms with E-state index in [-0.39, 0.29) is 22.3 Å². The van der Waals surface area contributed by atoms with Crippen LogP contribution in [0.5, 0.6) is 0 Å². The van der Waals surface area contributed by atoms with Crippen molar-refractivity contribution in [3.05, 3.63) is 119 Å². The Kier molecular flexibility index (Phi) is 4.47. The molecular weight excluding hydrogens is 480 g/mol. The maximum Gasteiger partial charge on any atom is 0.281 e. The fourth-order valence-corrected chi connectivity index (χ4v) is 5.46. The van der Waals surface area contributed by atoms with Gasteiger partial charge < -0.3 is 0 Å². The monoisotopic (exact) mass is 496 g/mol. The second-order valence-electron chi connectivity index (χ2n) is 9.18. The van der Waals surface area contributed by atoms with E-state index in [1.54, 1.807) is 84.9 Å². The average Bonchev–Trinajstić information content (AvgIpc) is 2.96. The Bertz CT molecular complexity index is 1850. The molecule has 0 atom stereocenters. The molecule has 0 spiro atoms. The van der Waals surface area contributed by atoms with Gasteiger partial charge in [0.05, 0.1) is 22.3 Å². The highest BCUT2D eigenvalue weighted by molar-refractivity contribution is 6.31. The second kappa shape index (κ2) is 7.78. The number of aldehydes is 1. The van der Waals surface area contributed by atoms with Gasteiger partial charge in [-0.2, -0.15) is 10.0 Å². The summed E-state index contributed by atoms with van der Waals surface area (Å²) >= 11 is 0. The van der Waals surface area contributed by atoms with Crippen molar-refractivity contribution < 1.29 is 24.0 Å². The standard InChI is InChI=1S/C31H16N2O5/c34-16-17-10-12-18(13-11-17)20-14-15-25-27-21(20)6-3-9-24(27)30(37)33(31(25)38)32-28(35)22-7-1-4-19-5-2-8-23(26(19)22)29(32)36/h1-16H. The first-order valence-electron chi connectivity index (χ1n) is 11.9. The number of benzene rings is 5. The Labute approximate surface area is 215 Å². The zero-order valence-corrected chi connectivity index (χ0v) is 19.7.